The van der Waals surface area contributed by atoms with E-state index in [1.807, 2.05) is 6.92 Å². The van der Waals surface area contributed by atoms with Crippen LogP contribution < -0.4 is 11.1 Å². The molecule has 0 spiro atoms. The first-order chi connectivity index (χ1) is 6.22. The lowest BCUT2D eigenvalue weighted by atomic mass is 10.1. The number of hydrogen-bond acceptors (Lipinski definition) is 2. The lowest BCUT2D eigenvalue weighted by Crippen LogP contribution is -2.29. The van der Waals surface area contributed by atoms with Gasteiger partial charge in [0.15, 0.2) is 0 Å². The van der Waals surface area contributed by atoms with Crippen LogP contribution in [0.1, 0.15) is 26.7 Å². The number of nitrogens with two attached hydrogens (primary N) is 1. The fraction of sp³-hybridized carbons (Fsp3) is 0.700. The van der Waals surface area contributed by atoms with Gasteiger partial charge in [-0.05, 0) is 26.3 Å². The lowest BCUT2D eigenvalue weighted by Gasteiger charge is -2.09. The highest BCUT2D eigenvalue weighted by molar-refractivity contribution is 5.78. The number of nitrogens with one attached hydrogen (secondary N) is 1. The minimum absolute atomic E-state index is 0.0437. The standard InChI is InChI=1S/C10H18N2O/c1-3-4-8-12-10(13)9(2)6-5-7-11/h9H,5-8,11H2,1-2H3,(H,12,13). The Labute approximate surface area is 80.1 Å². The van der Waals surface area contributed by atoms with Gasteiger partial charge in [-0.15, -0.1) is 5.92 Å². The Kier molecular flexibility index (Phi) is 7.04. The van der Waals surface area contributed by atoms with E-state index < -0.39 is 0 Å². The van der Waals surface area contributed by atoms with Crippen molar-refractivity contribution < 1.29 is 4.79 Å². The molecule has 13 heavy (non-hydrogen) atoms. The van der Waals surface area contributed by atoms with Crippen LogP contribution in [0.3, 0.4) is 0 Å². The van der Waals surface area contributed by atoms with E-state index in [0.717, 1.165) is 12.8 Å². The van der Waals surface area contributed by atoms with Crippen LogP contribution in [0.25, 0.3) is 0 Å². The highest BCUT2D eigenvalue weighted by Gasteiger charge is 2.10. The molecule has 1 amide bonds. The van der Waals surface area contributed by atoms with Gasteiger partial charge < -0.3 is 11.1 Å². The van der Waals surface area contributed by atoms with Crippen molar-refractivity contribution >= 4 is 5.91 Å². The molecule has 0 radical (unpaired) electrons. The van der Waals surface area contributed by atoms with Crippen molar-refractivity contribution in [1.82, 2.24) is 5.32 Å². The molecule has 0 fully saturated rings. The molecule has 0 aliphatic heterocycles. The largest absolute Gasteiger partial charge is 0.345 e. The topological polar surface area (TPSA) is 55.1 Å². The van der Waals surface area contributed by atoms with E-state index in [2.05, 4.69) is 17.2 Å². The number of amides is 1. The fourth-order valence-electron chi connectivity index (χ4n) is 0.949. The summed E-state index contributed by atoms with van der Waals surface area (Å²) >= 11 is 0. The van der Waals surface area contributed by atoms with Crippen LogP contribution in [-0.2, 0) is 4.79 Å². The minimum atomic E-state index is 0.0437. The van der Waals surface area contributed by atoms with Crippen molar-refractivity contribution in [2.45, 2.75) is 26.7 Å². The van der Waals surface area contributed by atoms with Crippen LogP contribution in [0.5, 0.6) is 0 Å². The fourth-order valence-corrected chi connectivity index (χ4v) is 0.949. The number of rotatable bonds is 5. The Hall–Kier alpha value is -1.01. The number of hydrogen-bond donors (Lipinski definition) is 2. The van der Waals surface area contributed by atoms with Crippen LogP contribution in [0.15, 0.2) is 0 Å². The predicted octanol–water partition coefficient (Wildman–Crippen LogP) is 0.501. The average Bonchev–Trinajstić information content (AvgIpc) is 2.14. The first kappa shape index (κ1) is 12.0. The smallest absolute Gasteiger partial charge is 0.223 e. The zero-order valence-corrected chi connectivity index (χ0v) is 8.39. The molecular weight excluding hydrogens is 164 g/mol. The van der Waals surface area contributed by atoms with Gasteiger partial charge in [-0.25, -0.2) is 0 Å². The second kappa shape index (κ2) is 7.63. The molecule has 0 bridgehead atoms. The maximum Gasteiger partial charge on any atom is 0.223 e. The summed E-state index contributed by atoms with van der Waals surface area (Å²) < 4.78 is 0. The van der Waals surface area contributed by atoms with Gasteiger partial charge >= 0.3 is 0 Å². The van der Waals surface area contributed by atoms with E-state index in [0.29, 0.717) is 13.1 Å². The molecule has 0 heterocycles. The van der Waals surface area contributed by atoms with Crippen LogP contribution in [0, 0.1) is 17.8 Å². The van der Waals surface area contributed by atoms with Crippen molar-refractivity contribution in [2.24, 2.45) is 11.7 Å². The third kappa shape index (κ3) is 6.18. The molecule has 1 atom stereocenters. The molecule has 0 aromatic heterocycles. The number of carbonyl (C=O) groups excluding carboxylic acids is 1. The SMILES string of the molecule is CC#CCNC(=O)C(C)CCCN. The Morgan fingerprint density at radius 1 is 1.62 bits per heavy atom. The maximum atomic E-state index is 11.3. The summed E-state index contributed by atoms with van der Waals surface area (Å²) in [4.78, 5) is 11.3. The zero-order valence-electron chi connectivity index (χ0n) is 8.39. The monoisotopic (exact) mass is 182 g/mol. The highest BCUT2D eigenvalue weighted by atomic mass is 16.1. The van der Waals surface area contributed by atoms with Crippen molar-refractivity contribution in [2.75, 3.05) is 13.1 Å². The summed E-state index contributed by atoms with van der Waals surface area (Å²) in [6, 6.07) is 0. The van der Waals surface area contributed by atoms with Gasteiger partial charge in [0.2, 0.25) is 5.91 Å². The highest BCUT2D eigenvalue weighted by Crippen LogP contribution is 2.03. The van der Waals surface area contributed by atoms with Crippen molar-refractivity contribution in [3.63, 3.8) is 0 Å². The van der Waals surface area contributed by atoms with Gasteiger partial charge in [-0.2, -0.15) is 0 Å². The van der Waals surface area contributed by atoms with E-state index in [1.54, 1.807) is 6.92 Å². The van der Waals surface area contributed by atoms with Gasteiger partial charge in [0.05, 0.1) is 6.54 Å². The van der Waals surface area contributed by atoms with Crippen molar-refractivity contribution in [3.8, 4) is 11.8 Å². The molecule has 0 saturated heterocycles. The third-order valence-corrected chi connectivity index (χ3v) is 1.82. The summed E-state index contributed by atoms with van der Waals surface area (Å²) in [5.74, 6) is 5.61. The Balaban J connectivity index is 3.60. The van der Waals surface area contributed by atoms with Crippen molar-refractivity contribution in [1.29, 1.82) is 0 Å². The van der Waals surface area contributed by atoms with Crippen LogP contribution in [0.2, 0.25) is 0 Å². The molecule has 1 unspecified atom stereocenters. The molecule has 0 aliphatic rings. The van der Waals surface area contributed by atoms with Gasteiger partial charge in [0.1, 0.15) is 0 Å². The van der Waals surface area contributed by atoms with E-state index in [4.69, 9.17) is 5.73 Å². The molecular formula is C10H18N2O. The normalized spacial score (nSPS) is 11.3. The van der Waals surface area contributed by atoms with Gasteiger partial charge in [-0.1, -0.05) is 12.8 Å². The van der Waals surface area contributed by atoms with Gasteiger partial charge in [0, 0.05) is 5.92 Å². The second-order valence-electron chi connectivity index (χ2n) is 2.98. The Morgan fingerprint density at radius 3 is 2.85 bits per heavy atom. The van der Waals surface area contributed by atoms with E-state index in [9.17, 15) is 4.79 Å². The average molecular weight is 182 g/mol. The summed E-state index contributed by atoms with van der Waals surface area (Å²) in [6.45, 7) is 4.75. The molecule has 0 saturated carbocycles. The van der Waals surface area contributed by atoms with Crippen molar-refractivity contribution in [3.05, 3.63) is 0 Å². The molecule has 3 heteroatoms. The molecule has 0 aromatic carbocycles. The Morgan fingerprint density at radius 2 is 2.31 bits per heavy atom. The van der Waals surface area contributed by atoms with E-state index >= 15 is 0 Å². The Bertz CT molecular complexity index is 203. The molecule has 74 valence electrons. The predicted molar refractivity (Wildman–Crippen MR) is 53.9 cm³/mol. The summed E-state index contributed by atoms with van der Waals surface area (Å²) in [5.41, 5.74) is 5.34. The third-order valence-electron chi connectivity index (χ3n) is 1.82. The second-order valence-corrected chi connectivity index (χ2v) is 2.98. The zero-order chi connectivity index (χ0) is 10.1. The van der Waals surface area contributed by atoms with Gasteiger partial charge in [-0.3, -0.25) is 4.79 Å². The van der Waals surface area contributed by atoms with Crippen LogP contribution in [0.4, 0.5) is 0 Å². The summed E-state index contributed by atoms with van der Waals surface area (Å²) in [7, 11) is 0. The molecule has 0 aliphatic carbocycles. The molecule has 3 nitrogen and oxygen atoms in total. The minimum Gasteiger partial charge on any atom is -0.345 e. The quantitative estimate of drug-likeness (QED) is 0.608. The number of carbonyl (C=O) groups is 1. The molecule has 3 N–H and O–H groups in total. The lowest BCUT2D eigenvalue weighted by molar-refractivity contribution is -0.124. The summed E-state index contributed by atoms with van der Waals surface area (Å²) in [6.07, 6.45) is 1.75. The molecule has 0 rings (SSSR count). The van der Waals surface area contributed by atoms with E-state index in [-0.39, 0.29) is 11.8 Å². The van der Waals surface area contributed by atoms with Crippen LogP contribution in [-0.4, -0.2) is 19.0 Å². The first-order valence-corrected chi connectivity index (χ1v) is 4.59. The maximum absolute atomic E-state index is 11.3. The van der Waals surface area contributed by atoms with E-state index in [1.165, 1.54) is 0 Å². The van der Waals surface area contributed by atoms with Crippen LogP contribution >= 0.6 is 0 Å². The first-order valence-electron chi connectivity index (χ1n) is 4.59. The van der Waals surface area contributed by atoms with Gasteiger partial charge in [0.25, 0.3) is 0 Å². The summed E-state index contributed by atoms with van der Waals surface area (Å²) in [5, 5.41) is 2.74. The molecule has 0 aromatic rings.